The third-order valence-electron chi connectivity index (χ3n) is 4.41. The lowest BCUT2D eigenvalue weighted by atomic mass is 10.2. The van der Waals surface area contributed by atoms with Crippen LogP contribution in [0.4, 0.5) is 0 Å². The number of nitrogens with zero attached hydrogens (tertiary/aromatic N) is 2. The summed E-state index contributed by atoms with van der Waals surface area (Å²) in [6.07, 6.45) is 3.64. The Morgan fingerprint density at radius 1 is 1.25 bits per heavy atom. The van der Waals surface area contributed by atoms with Crippen LogP contribution < -0.4 is 14.9 Å². The number of carbonyl (C=O) groups excluding carboxylic acids is 1. The quantitative estimate of drug-likeness (QED) is 0.694. The van der Waals surface area contributed by atoms with Crippen LogP contribution in [0.1, 0.15) is 29.8 Å². The van der Waals surface area contributed by atoms with Gasteiger partial charge in [-0.25, -0.2) is 5.43 Å². The Morgan fingerprint density at radius 2 is 2.04 bits per heavy atom. The molecule has 2 heterocycles. The largest absolute Gasteiger partial charge is 0.454 e. The van der Waals surface area contributed by atoms with Crippen LogP contribution in [0.3, 0.4) is 0 Å². The number of ether oxygens (including phenoxy) is 2. The SMILES string of the molecule is Cc1cc(/C=N\NC(=O)C2CC2)c(C)n1-c1ccc2c(c1)OCO2. The molecule has 6 nitrogen and oxygen atoms in total. The highest BCUT2D eigenvalue weighted by atomic mass is 16.7. The van der Waals surface area contributed by atoms with Crippen molar-refractivity contribution >= 4 is 12.1 Å². The number of hydrogen-bond acceptors (Lipinski definition) is 4. The van der Waals surface area contributed by atoms with E-state index in [1.165, 1.54) is 0 Å². The Kier molecular flexibility index (Phi) is 3.52. The zero-order valence-electron chi connectivity index (χ0n) is 13.7. The maximum atomic E-state index is 11.6. The second kappa shape index (κ2) is 5.70. The number of fused-ring (bicyclic) bond motifs is 1. The second-order valence-electron chi connectivity index (χ2n) is 6.21. The fourth-order valence-corrected chi connectivity index (χ4v) is 2.94. The molecular weight excluding hydrogens is 306 g/mol. The molecule has 0 bridgehead atoms. The lowest BCUT2D eigenvalue weighted by molar-refractivity contribution is -0.122. The van der Waals surface area contributed by atoms with E-state index in [4.69, 9.17) is 9.47 Å². The van der Waals surface area contributed by atoms with Crippen molar-refractivity contribution in [2.75, 3.05) is 6.79 Å². The monoisotopic (exact) mass is 325 g/mol. The number of hydrogen-bond donors (Lipinski definition) is 1. The Bertz CT molecular complexity index is 834. The highest BCUT2D eigenvalue weighted by Gasteiger charge is 2.29. The molecule has 1 saturated carbocycles. The Hall–Kier alpha value is -2.76. The second-order valence-corrected chi connectivity index (χ2v) is 6.21. The van der Waals surface area contributed by atoms with Crippen LogP contribution in [-0.4, -0.2) is 23.5 Å². The highest BCUT2D eigenvalue weighted by molar-refractivity contribution is 5.85. The Labute approximate surface area is 140 Å². The van der Waals surface area contributed by atoms with Crippen LogP contribution in [0.25, 0.3) is 5.69 Å². The molecule has 1 aliphatic carbocycles. The molecule has 1 aromatic carbocycles. The number of benzene rings is 1. The number of aromatic nitrogens is 1. The van der Waals surface area contributed by atoms with Gasteiger partial charge in [0.15, 0.2) is 11.5 Å². The van der Waals surface area contributed by atoms with E-state index in [1.54, 1.807) is 6.21 Å². The van der Waals surface area contributed by atoms with Crippen molar-refractivity contribution in [3.05, 3.63) is 41.2 Å². The van der Waals surface area contributed by atoms with Gasteiger partial charge < -0.3 is 14.0 Å². The first-order chi connectivity index (χ1) is 11.6. The van der Waals surface area contributed by atoms with Crippen molar-refractivity contribution < 1.29 is 14.3 Å². The Morgan fingerprint density at radius 3 is 2.83 bits per heavy atom. The number of aryl methyl sites for hydroxylation is 1. The maximum Gasteiger partial charge on any atom is 0.243 e. The van der Waals surface area contributed by atoms with Crippen LogP contribution in [0, 0.1) is 19.8 Å². The van der Waals surface area contributed by atoms with E-state index in [1.807, 2.05) is 38.1 Å². The molecule has 0 spiro atoms. The average Bonchev–Trinajstić information content (AvgIpc) is 3.25. The molecule has 2 aliphatic rings. The molecule has 24 heavy (non-hydrogen) atoms. The van der Waals surface area contributed by atoms with Crippen LogP contribution >= 0.6 is 0 Å². The fraction of sp³-hybridized carbons (Fsp3) is 0.333. The van der Waals surface area contributed by atoms with Gasteiger partial charge in [0.1, 0.15) is 0 Å². The van der Waals surface area contributed by atoms with Crippen molar-refractivity contribution in [1.29, 1.82) is 0 Å². The van der Waals surface area contributed by atoms with E-state index >= 15 is 0 Å². The molecule has 1 aromatic heterocycles. The third kappa shape index (κ3) is 2.64. The lowest BCUT2D eigenvalue weighted by Crippen LogP contribution is -2.19. The summed E-state index contributed by atoms with van der Waals surface area (Å²) in [6, 6.07) is 7.94. The first-order valence-corrected chi connectivity index (χ1v) is 8.05. The van der Waals surface area contributed by atoms with Crippen molar-refractivity contribution in [3.63, 3.8) is 0 Å². The van der Waals surface area contributed by atoms with E-state index < -0.39 is 0 Å². The molecule has 1 N–H and O–H groups in total. The van der Waals surface area contributed by atoms with Crippen molar-refractivity contribution in [3.8, 4) is 17.2 Å². The number of rotatable bonds is 4. The fourth-order valence-electron chi connectivity index (χ4n) is 2.94. The highest BCUT2D eigenvalue weighted by Crippen LogP contribution is 2.34. The number of amides is 1. The van der Waals surface area contributed by atoms with E-state index in [0.717, 1.165) is 47.0 Å². The molecule has 124 valence electrons. The molecule has 6 heteroatoms. The van der Waals surface area contributed by atoms with Gasteiger partial charge in [0, 0.05) is 34.6 Å². The van der Waals surface area contributed by atoms with Crippen LogP contribution in [-0.2, 0) is 4.79 Å². The summed E-state index contributed by atoms with van der Waals surface area (Å²) in [4.78, 5) is 11.6. The Balaban J connectivity index is 1.59. The van der Waals surface area contributed by atoms with E-state index in [9.17, 15) is 4.79 Å². The van der Waals surface area contributed by atoms with Crippen molar-refractivity contribution in [1.82, 2.24) is 9.99 Å². The molecule has 0 saturated heterocycles. The van der Waals surface area contributed by atoms with Crippen LogP contribution in [0.5, 0.6) is 11.5 Å². The number of hydrazone groups is 1. The van der Waals surface area contributed by atoms with Gasteiger partial charge in [-0.05, 0) is 44.9 Å². The molecular formula is C18H19N3O3. The minimum absolute atomic E-state index is 0.0100. The van der Waals surface area contributed by atoms with Gasteiger partial charge in [-0.15, -0.1) is 0 Å². The maximum absolute atomic E-state index is 11.6. The zero-order chi connectivity index (χ0) is 16.7. The van der Waals surface area contributed by atoms with Gasteiger partial charge in [-0.1, -0.05) is 0 Å². The normalized spacial score (nSPS) is 15.9. The third-order valence-corrected chi connectivity index (χ3v) is 4.41. The minimum atomic E-state index is 0.0100. The molecule has 1 aliphatic heterocycles. The summed E-state index contributed by atoms with van der Waals surface area (Å²) in [5.74, 6) is 1.69. The minimum Gasteiger partial charge on any atom is -0.454 e. The lowest BCUT2D eigenvalue weighted by Gasteiger charge is -2.10. The van der Waals surface area contributed by atoms with Crippen LogP contribution in [0.2, 0.25) is 0 Å². The molecule has 0 unspecified atom stereocenters. The molecule has 0 atom stereocenters. The van der Waals surface area contributed by atoms with E-state index in [2.05, 4.69) is 15.1 Å². The summed E-state index contributed by atoms with van der Waals surface area (Å²) in [6.45, 7) is 4.33. The van der Waals surface area contributed by atoms with Gasteiger partial charge in [-0.3, -0.25) is 4.79 Å². The van der Waals surface area contributed by atoms with Gasteiger partial charge >= 0.3 is 0 Å². The topological polar surface area (TPSA) is 64.9 Å². The standard InChI is InChI=1S/C18H19N3O3/c1-11-7-14(9-19-20-18(22)13-3-4-13)12(2)21(11)15-5-6-16-17(8-15)24-10-23-16/h5-9,13H,3-4,10H2,1-2H3,(H,20,22)/b19-9-. The number of nitrogens with one attached hydrogen (secondary N) is 1. The summed E-state index contributed by atoms with van der Waals surface area (Å²) in [5, 5.41) is 4.09. The predicted molar refractivity (Wildman–Crippen MR) is 89.8 cm³/mol. The molecule has 1 amide bonds. The van der Waals surface area contributed by atoms with Gasteiger partial charge in [-0.2, -0.15) is 5.10 Å². The van der Waals surface area contributed by atoms with Crippen molar-refractivity contribution in [2.24, 2.45) is 11.0 Å². The van der Waals surface area contributed by atoms with Crippen molar-refractivity contribution in [2.45, 2.75) is 26.7 Å². The van der Waals surface area contributed by atoms with Gasteiger partial charge in [0.2, 0.25) is 12.7 Å². The number of carbonyl (C=O) groups is 1. The predicted octanol–water partition coefficient (Wildman–Crippen LogP) is 2.68. The van der Waals surface area contributed by atoms with E-state index in [0.29, 0.717) is 0 Å². The summed E-state index contributed by atoms with van der Waals surface area (Å²) >= 11 is 0. The van der Waals surface area contributed by atoms with Crippen LogP contribution in [0.15, 0.2) is 29.4 Å². The first kappa shape index (κ1) is 14.8. The smallest absolute Gasteiger partial charge is 0.243 e. The van der Waals surface area contributed by atoms with E-state index in [-0.39, 0.29) is 18.6 Å². The molecule has 0 radical (unpaired) electrons. The van der Waals surface area contributed by atoms with Gasteiger partial charge in [0.25, 0.3) is 0 Å². The summed E-state index contributed by atoms with van der Waals surface area (Å²) in [5.41, 5.74) is 6.73. The van der Waals surface area contributed by atoms with Gasteiger partial charge in [0.05, 0.1) is 6.21 Å². The average molecular weight is 325 g/mol. The molecule has 4 rings (SSSR count). The molecule has 2 aromatic rings. The zero-order valence-corrected chi connectivity index (χ0v) is 13.7. The first-order valence-electron chi connectivity index (χ1n) is 8.05. The summed E-state index contributed by atoms with van der Waals surface area (Å²) < 4.78 is 13.0. The summed E-state index contributed by atoms with van der Waals surface area (Å²) in [7, 11) is 0. The molecule has 1 fully saturated rings.